The predicted octanol–water partition coefficient (Wildman–Crippen LogP) is 3.66. The molecule has 4 heteroatoms. The number of aromatic nitrogens is 2. The number of likely N-dealkylation sites (N-methyl/N-ethyl adjacent to an activating group) is 1. The van der Waals surface area contributed by atoms with Gasteiger partial charge in [-0.3, -0.25) is 9.89 Å². The third-order valence-electron chi connectivity index (χ3n) is 4.36. The Bertz CT molecular complexity index is 794. The van der Waals surface area contributed by atoms with Crippen molar-refractivity contribution in [3.63, 3.8) is 0 Å². The van der Waals surface area contributed by atoms with Crippen LogP contribution in [0.3, 0.4) is 0 Å². The maximum Gasteiger partial charge on any atom is 0.256 e. The van der Waals surface area contributed by atoms with Crippen molar-refractivity contribution in [2.24, 2.45) is 0 Å². The minimum atomic E-state index is 0.0302. The molecule has 1 N–H and O–H groups in total. The molecule has 1 amide bonds. The van der Waals surface area contributed by atoms with Gasteiger partial charge in [-0.05, 0) is 24.5 Å². The third-order valence-corrected chi connectivity index (χ3v) is 4.36. The molecule has 1 unspecified atom stereocenters. The lowest BCUT2D eigenvalue weighted by atomic mass is 10.0. The van der Waals surface area contributed by atoms with Gasteiger partial charge in [0.2, 0.25) is 0 Å². The minimum Gasteiger partial charge on any atom is -0.338 e. The lowest BCUT2D eigenvalue weighted by molar-refractivity contribution is 0.0729. The molecule has 0 aliphatic heterocycles. The molecule has 0 saturated carbocycles. The highest BCUT2D eigenvalue weighted by molar-refractivity contribution is 6.05. The van der Waals surface area contributed by atoms with Crippen LogP contribution < -0.4 is 0 Å². The highest BCUT2D eigenvalue weighted by atomic mass is 16.2. The summed E-state index contributed by atoms with van der Waals surface area (Å²) in [5.41, 5.74) is 2.73. The number of nitrogens with zero attached hydrogens (tertiary/aromatic N) is 2. The predicted molar refractivity (Wildman–Crippen MR) is 92.4 cm³/mol. The van der Waals surface area contributed by atoms with Crippen molar-refractivity contribution in [2.75, 3.05) is 7.05 Å². The van der Waals surface area contributed by atoms with Crippen LogP contribution in [0.5, 0.6) is 0 Å². The number of hydrogen-bond acceptors (Lipinski definition) is 2. The van der Waals surface area contributed by atoms with Crippen molar-refractivity contribution in [1.29, 1.82) is 0 Å². The molecule has 23 heavy (non-hydrogen) atoms. The monoisotopic (exact) mass is 307 g/mol. The first-order chi connectivity index (χ1) is 11.2. The van der Waals surface area contributed by atoms with Crippen molar-refractivity contribution in [2.45, 2.75) is 25.8 Å². The summed E-state index contributed by atoms with van der Waals surface area (Å²) in [6.07, 6.45) is 3.52. The fourth-order valence-corrected chi connectivity index (χ4v) is 2.94. The molecular formula is C19H21N3O. The molecule has 0 saturated heterocycles. The highest BCUT2D eigenvalue weighted by Crippen LogP contribution is 2.19. The van der Waals surface area contributed by atoms with Gasteiger partial charge < -0.3 is 4.90 Å². The number of benzene rings is 2. The molecule has 0 aliphatic rings. The molecule has 0 spiro atoms. The Balaban J connectivity index is 1.84. The van der Waals surface area contributed by atoms with E-state index in [1.54, 1.807) is 6.20 Å². The summed E-state index contributed by atoms with van der Waals surface area (Å²) in [7, 11) is 1.88. The molecule has 2 aromatic carbocycles. The Hall–Kier alpha value is -2.62. The van der Waals surface area contributed by atoms with E-state index in [1.807, 2.05) is 48.3 Å². The van der Waals surface area contributed by atoms with E-state index in [1.165, 1.54) is 5.56 Å². The lowest BCUT2D eigenvalue weighted by Crippen LogP contribution is -2.38. The molecule has 118 valence electrons. The van der Waals surface area contributed by atoms with Gasteiger partial charge in [-0.15, -0.1) is 0 Å². The number of carbonyl (C=O) groups is 1. The maximum atomic E-state index is 12.9. The Morgan fingerprint density at radius 2 is 1.96 bits per heavy atom. The summed E-state index contributed by atoms with van der Waals surface area (Å²) in [6, 6.07) is 16.2. The second kappa shape index (κ2) is 6.65. The molecule has 0 bridgehead atoms. The fraction of sp³-hybridized carbons (Fsp3) is 0.263. The van der Waals surface area contributed by atoms with Crippen LogP contribution in [0.25, 0.3) is 10.9 Å². The molecule has 3 rings (SSSR count). The molecule has 3 aromatic rings. The number of carbonyl (C=O) groups excluding carboxylic acids is 1. The van der Waals surface area contributed by atoms with Crippen LogP contribution in [0.15, 0.2) is 54.7 Å². The zero-order valence-corrected chi connectivity index (χ0v) is 13.5. The van der Waals surface area contributed by atoms with Crippen molar-refractivity contribution in [1.82, 2.24) is 15.1 Å². The van der Waals surface area contributed by atoms with Crippen molar-refractivity contribution < 1.29 is 4.79 Å². The first-order valence-corrected chi connectivity index (χ1v) is 7.94. The van der Waals surface area contributed by atoms with Gasteiger partial charge in [0.15, 0.2) is 0 Å². The number of H-pyrrole nitrogens is 1. The zero-order chi connectivity index (χ0) is 16.2. The van der Waals surface area contributed by atoms with Gasteiger partial charge >= 0.3 is 0 Å². The molecule has 0 radical (unpaired) electrons. The Labute approximate surface area is 136 Å². The quantitative estimate of drug-likeness (QED) is 0.782. The van der Waals surface area contributed by atoms with Crippen LogP contribution in [-0.4, -0.2) is 34.1 Å². The first-order valence-electron chi connectivity index (χ1n) is 7.94. The van der Waals surface area contributed by atoms with E-state index in [2.05, 4.69) is 29.3 Å². The van der Waals surface area contributed by atoms with Crippen molar-refractivity contribution >= 4 is 16.8 Å². The molecular weight excluding hydrogens is 286 g/mol. The van der Waals surface area contributed by atoms with Crippen molar-refractivity contribution in [3.8, 4) is 0 Å². The average Bonchev–Trinajstić information content (AvgIpc) is 3.08. The summed E-state index contributed by atoms with van der Waals surface area (Å²) in [5.74, 6) is 0.0302. The Morgan fingerprint density at radius 1 is 1.17 bits per heavy atom. The number of para-hydroxylation sites is 1. The topological polar surface area (TPSA) is 49.0 Å². The number of nitrogens with one attached hydrogen (secondary N) is 1. The summed E-state index contributed by atoms with van der Waals surface area (Å²) in [4.78, 5) is 14.8. The van der Waals surface area contributed by atoms with E-state index < -0.39 is 0 Å². The van der Waals surface area contributed by atoms with E-state index in [4.69, 9.17) is 0 Å². The number of fused-ring (bicyclic) bond motifs is 1. The summed E-state index contributed by atoms with van der Waals surface area (Å²) < 4.78 is 0. The van der Waals surface area contributed by atoms with Gasteiger partial charge in [-0.1, -0.05) is 49.4 Å². The molecule has 1 atom stereocenters. The Kier molecular flexibility index (Phi) is 4.42. The summed E-state index contributed by atoms with van der Waals surface area (Å²) >= 11 is 0. The van der Waals surface area contributed by atoms with Gasteiger partial charge in [-0.2, -0.15) is 5.10 Å². The van der Waals surface area contributed by atoms with E-state index in [0.29, 0.717) is 5.56 Å². The van der Waals surface area contributed by atoms with Gasteiger partial charge in [0, 0.05) is 18.5 Å². The van der Waals surface area contributed by atoms with Crippen molar-refractivity contribution in [3.05, 3.63) is 65.9 Å². The van der Waals surface area contributed by atoms with E-state index in [0.717, 1.165) is 23.7 Å². The number of amides is 1. The molecule has 1 aromatic heterocycles. The first kappa shape index (κ1) is 15.3. The zero-order valence-electron chi connectivity index (χ0n) is 13.5. The summed E-state index contributed by atoms with van der Waals surface area (Å²) in [5, 5.41) is 7.93. The van der Waals surface area contributed by atoms with Gasteiger partial charge in [0.25, 0.3) is 5.91 Å². The van der Waals surface area contributed by atoms with Crippen LogP contribution in [0.1, 0.15) is 29.3 Å². The second-order valence-electron chi connectivity index (χ2n) is 5.81. The van der Waals surface area contributed by atoms with Crippen LogP contribution in [-0.2, 0) is 6.42 Å². The standard InChI is InChI=1S/C19H21N3O/c1-3-16(12-14-8-5-4-6-9-14)22(2)19(23)17-11-7-10-15-13-20-21-18(15)17/h4-11,13,16H,3,12H2,1-2H3,(H,20,21). The second-order valence-corrected chi connectivity index (χ2v) is 5.81. The SMILES string of the molecule is CCC(Cc1ccccc1)N(C)C(=O)c1cccc2cn[nH]c12. The normalized spacial score (nSPS) is 12.3. The lowest BCUT2D eigenvalue weighted by Gasteiger charge is -2.27. The number of rotatable bonds is 5. The van der Waals surface area contributed by atoms with Crippen LogP contribution in [0.2, 0.25) is 0 Å². The summed E-state index contributed by atoms with van der Waals surface area (Å²) in [6.45, 7) is 2.12. The number of aromatic amines is 1. The van der Waals surface area contributed by atoms with Crippen LogP contribution in [0.4, 0.5) is 0 Å². The van der Waals surface area contributed by atoms with E-state index >= 15 is 0 Å². The van der Waals surface area contributed by atoms with E-state index in [-0.39, 0.29) is 11.9 Å². The number of hydrogen-bond donors (Lipinski definition) is 1. The molecule has 4 nitrogen and oxygen atoms in total. The molecule has 0 fully saturated rings. The molecule has 0 aliphatic carbocycles. The smallest absolute Gasteiger partial charge is 0.256 e. The van der Waals surface area contributed by atoms with Gasteiger partial charge in [0.05, 0.1) is 17.3 Å². The third kappa shape index (κ3) is 3.11. The highest BCUT2D eigenvalue weighted by Gasteiger charge is 2.22. The fourth-order valence-electron chi connectivity index (χ4n) is 2.94. The van der Waals surface area contributed by atoms with E-state index in [9.17, 15) is 4.79 Å². The van der Waals surface area contributed by atoms with Crippen LogP contribution >= 0.6 is 0 Å². The largest absolute Gasteiger partial charge is 0.338 e. The minimum absolute atomic E-state index is 0.0302. The van der Waals surface area contributed by atoms with Gasteiger partial charge in [-0.25, -0.2) is 0 Å². The average molecular weight is 307 g/mol. The Morgan fingerprint density at radius 3 is 2.70 bits per heavy atom. The van der Waals surface area contributed by atoms with Gasteiger partial charge in [0.1, 0.15) is 0 Å². The maximum absolute atomic E-state index is 12.9. The van der Waals surface area contributed by atoms with Crippen LogP contribution in [0, 0.1) is 0 Å². The molecule has 1 heterocycles.